The van der Waals surface area contributed by atoms with E-state index in [1.165, 1.54) is 7.11 Å². The molecule has 0 fully saturated rings. The second-order valence-corrected chi connectivity index (χ2v) is 6.34. The van der Waals surface area contributed by atoms with Crippen LogP contribution in [0.4, 0.5) is 0 Å². The number of ether oxygens (including phenoxy) is 2. The Morgan fingerprint density at radius 3 is 2.59 bits per heavy atom. The average molecular weight is 366 g/mol. The number of benzene rings is 2. The van der Waals surface area contributed by atoms with Gasteiger partial charge in [0, 0.05) is 0 Å². The van der Waals surface area contributed by atoms with Crippen LogP contribution in [0.5, 0.6) is 11.5 Å². The molecule has 0 radical (unpaired) electrons. The van der Waals surface area contributed by atoms with Crippen molar-refractivity contribution >= 4 is 16.9 Å². The lowest BCUT2D eigenvalue weighted by molar-refractivity contribution is 0.0731. The van der Waals surface area contributed by atoms with Gasteiger partial charge in [0.05, 0.1) is 18.1 Å². The van der Waals surface area contributed by atoms with Gasteiger partial charge in [0.15, 0.2) is 5.75 Å². The number of para-hydroxylation sites is 2. The third kappa shape index (κ3) is 3.72. The van der Waals surface area contributed by atoms with Crippen LogP contribution in [0.3, 0.4) is 0 Å². The van der Waals surface area contributed by atoms with Crippen LogP contribution in [0.15, 0.2) is 51.7 Å². The van der Waals surface area contributed by atoms with Gasteiger partial charge in [0.2, 0.25) is 0 Å². The highest BCUT2D eigenvalue weighted by molar-refractivity contribution is 5.97. The molecular weight excluding hydrogens is 344 g/mol. The molecule has 0 saturated heterocycles. The molecule has 140 valence electrons. The second-order valence-electron chi connectivity index (χ2n) is 6.34. The van der Waals surface area contributed by atoms with Gasteiger partial charge in [-0.25, -0.2) is 9.59 Å². The number of fused-ring (bicyclic) bond motifs is 1. The highest BCUT2D eigenvalue weighted by Gasteiger charge is 2.22. The number of hydrogen-bond donors (Lipinski definition) is 0. The Hall–Kier alpha value is -3.08. The summed E-state index contributed by atoms with van der Waals surface area (Å²) < 4.78 is 16.5. The number of aryl methyl sites for hydroxylation is 1. The zero-order valence-electron chi connectivity index (χ0n) is 15.7. The molecule has 0 aliphatic rings. The molecule has 0 unspecified atom stereocenters. The molecule has 0 amide bonds. The summed E-state index contributed by atoms with van der Waals surface area (Å²) in [5.74, 6) is 0.165. The van der Waals surface area contributed by atoms with Crippen LogP contribution < -0.4 is 15.1 Å². The van der Waals surface area contributed by atoms with E-state index < -0.39 is 11.6 Å². The Morgan fingerprint density at radius 1 is 1.07 bits per heavy atom. The molecule has 0 spiro atoms. The zero-order chi connectivity index (χ0) is 19.4. The zero-order valence-corrected chi connectivity index (χ0v) is 15.7. The first-order valence-electron chi connectivity index (χ1n) is 8.97. The van der Waals surface area contributed by atoms with E-state index in [4.69, 9.17) is 13.9 Å². The summed E-state index contributed by atoms with van der Waals surface area (Å²) in [5.41, 5.74) is 1.45. The van der Waals surface area contributed by atoms with Crippen LogP contribution in [0.1, 0.15) is 41.3 Å². The number of esters is 1. The standard InChI is InChI=1S/C22H22O5/c1-4-5-10-17-20(15-11-6-7-13-18(15)26-21(17)23)27-22(24)16-12-8-9-14(2)19(16)25-3/h6-9,11-13H,4-5,10H2,1-3H3. The van der Waals surface area contributed by atoms with Gasteiger partial charge in [0.1, 0.15) is 16.9 Å². The summed E-state index contributed by atoms with van der Waals surface area (Å²) in [6.07, 6.45) is 2.18. The van der Waals surface area contributed by atoms with Crippen LogP contribution in [-0.2, 0) is 6.42 Å². The topological polar surface area (TPSA) is 65.7 Å². The van der Waals surface area contributed by atoms with Crippen LogP contribution in [-0.4, -0.2) is 13.1 Å². The monoisotopic (exact) mass is 366 g/mol. The molecule has 0 saturated carbocycles. The molecule has 1 aromatic heterocycles. The molecule has 3 aromatic rings. The number of methoxy groups -OCH3 is 1. The van der Waals surface area contributed by atoms with Crippen molar-refractivity contribution in [3.63, 3.8) is 0 Å². The maximum absolute atomic E-state index is 12.9. The highest BCUT2D eigenvalue weighted by atomic mass is 16.5. The van der Waals surface area contributed by atoms with Crippen LogP contribution in [0.2, 0.25) is 0 Å². The minimum absolute atomic E-state index is 0.267. The molecule has 0 bridgehead atoms. The fourth-order valence-corrected chi connectivity index (χ4v) is 3.08. The van der Waals surface area contributed by atoms with E-state index in [0.717, 1.165) is 18.4 Å². The lowest BCUT2D eigenvalue weighted by atomic mass is 10.1. The molecule has 5 heteroatoms. The molecular formula is C22H22O5. The highest BCUT2D eigenvalue weighted by Crippen LogP contribution is 2.31. The molecule has 3 rings (SSSR count). The maximum atomic E-state index is 12.9. The molecule has 5 nitrogen and oxygen atoms in total. The number of unbranched alkanes of at least 4 members (excludes halogenated alkanes) is 1. The van der Waals surface area contributed by atoms with Crippen molar-refractivity contribution in [3.05, 3.63) is 69.6 Å². The minimum Gasteiger partial charge on any atom is -0.496 e. The lowest BCUT2D eigenvalue weighted by Crippen LogP contribution is -2.16. The number of rotatable bonds is 6. The van der Waals surface area contributed by atoms with Gasteiger partial charge in [0.25, 0.3) is 0 Å². The molecule has 0 N–H and O–H groups in total. The van der Waals surface area contributed by atoms with Gasteiger partial charge >= 0.3 is 11.6 Å². The van der Waals surface area contributed by atoms with E-state index in [0.29, 0.717) is 34.3 Å². The summed E-state index contributed by atoms with van der Waals surface area (Å²) in [7, 11) is 1.51. The van der Waals surface area contributed by atoms with Gasteiger partial charge in [-0.05, 0) is 43.5 Å². The Balaban J connectivity index is 2.12. The predicted molar refractivity (Wildman–Crippen MR) is 104 cm³/mol. The molecule has 1 heterocycles. The Morgan fingerprint density at radius 2 is 1.85 bits per heavy atom. The van der Waals surface area contributed by atoms with Gasteiger partial charge < -0.3 is 13.9 Å². The van der Waals surface area contributed by atoms with Gasteiger partial charge in [-0.2, -0.15) is 0 Å². The predicted octanol–water partition coefficient (Wildman–Crippen LogP) is 4.67. The summed E-state index contributed by atoms with van der Waals surface area (Å²) in [6.45, 7) is 3.89. The smallest absolute Gasteiger partial charge is 0.347 e. The van der Waals surface area contributed by atoms with Gasteiger partial charge in [-0.15, -0.1) is 0 Å². The summed E-state index contributed by atoms with van der Waals surface area (Å²) in [6, 6.07) is 12.3. The summed E-state index contributed by atoms with van der Waals surface area (Å²) >= 11 is 0. The Kier molecular flexibility index (Phi) is 5.60. The van der Waals surface area contributed by atoms with Crippen LogP contribution in [0, 0.1) is 6.92 Å². The van der Waals surface area contributed by atoms with E-state index in [9.17, 15) is 9.59 Å². The summed E-state index contributed by atoms with van der Waals surface area (Å²) in [5, 5.41) is 0.600. The Labute approximate surface area is 157 Å². The van der Waals surface area contributed by atoms with Crippen LogP contribution >= 0.6 is 0 Å². The average Bonchev–Trinajstić information content (AvgIpc) is 2.67. The SMILES string of the molecule is CCCCc1c(OC(=O)c2cccc(C)c2OC)c2ccccc2oc1=O. The van der Waals surface area contributed by atoms with E-state index in [1.54, 1.807) is 30.3 Å². The first-order valence-corrected chi connectivity index (χ1v) is 8.97. The number of hydrogen-bond acceptors (Lipinski definition) is 5. The third-order valence-electron chi connectivity index (χ3n) is 4.47. The quantitative estimate of drug-likeness (QED) is 0.468. The normalized spacial score (nSPS) is 10.8. The van der Waals surface area contributed by atoms with Crippen molar-refractivity contribution in [3.8, 4) is 11.5 Å². The second kappa shape index (κ2) is 8.08. The van der Waals surface area contributed by atoms with Crippen molar-refractivity contribution in [2.45, 2.75) is 33.1 Å². The van der Waals surface area contributed by atoms with Gasteiger partial charge in [-0.1, -0.05) is 37.6 Å². The first-order chi connectivity index (χ1) is 13.1. The minimum atomic E-state index is -0.566. The van der Waals surface area contributed by atoms with Crippen molar-refractivity contribution in [1.82, 2.24) is 0 Å². The van der Waals surface area contributed by atoms with Crippen molar-refractivity contribution in [2.75, 3.05) is 7.11 Å². The lowest BCUT2D eigenvalue weighted by Gasteiger charge is -2.14. The van der Waals surface area contributed by atoms with E-state index in [-0.39, 0.29) is 5.75 Å². The first kappa shape index (κ1) is 18.7. The third-order valence-corrected chi connectivity index (χ3v) is 4.47. The number of carbonyl (C=O) groups is 1. The van der Waals surface area contributed by atoms with Crippen molar-refractivity contribution in [2.24, 2.45) is 0 Å². The maximum Gasteiger partial charge on any atom is 0.347 e. The molecule has 27 heavy (non-hydrogen) atoms. The largest absolute Gasteiger partial charge is 0.496 e. The van der Waals surface area contributed by atoms with E-state index in [2.05, 4.69) is 0 Å². The number of carbonyl (C=O) groups excluding carboxylic acids is 1. The van der Waals surface area contributed by atoms with E-state index >= 15 is 0 Å². The van der Waals surface area contributed by atoms with Gasteiger partial charge in [-0.3, -0.25) is 0 Å². The van der Waals surface area contributed by atoms with E-state index in [1.807, 2.05) is 26.0 Å². The molecule has 2 aromatic carbocycles. The molecule has 0 atom stereocenters. The fraction of sp³-hybridized carbons (Fsp3) is 0.273. The van der Waals surface area contributed by atoms with Crippen molar-refractivity contribution < 1.29 is 18.7 Å². The van der Waals surface area contributed by atoms with Crippen molar-refractivity contribution in [1.29, 1.82) is 0 Å². The fourth-order valence-electron chi connectivity index (χ4n) is 3.08. The molecule has 0 aliphatic carbocycles. The molecule has 0 aliphatic heterocycles. The Bertz CT molecular complexity index is 1030. The van der Waals surface area contributed by atoms with Crippen LogP contribution in [0.25, 0.3) is 11.0 Å². The summed E-state index contributed by atoms with van der Waals surface area (Å²) in [4.78, 5) is 25.4.